The van der Waals surface area contributed by atoms with Crippen molar-refractivity contribution in [3.8, 4) is 23.0 Å². The molecule has 0 fully saturated rings. The topological polar surface area (TPSA) is 195 Å². The van der Waals surface area contributed by atoms with Crippen LogP contribution in [0.2, 0.25) is 10.0 Å². The van der Waals surface area contributed by atoms with Gasteiger partial charge in [-0.05, 0) is 84.9 Å². The number of aliphatic carboxylic acids is 1. The molecule has 3 amide bonds. The van der Waals surface area contributed by atoms with E-state index in [9.17, 15) is 45.5 Å². The predicted octanol–water partition coefficient (Wildman–Crippen LogP) is 10.7. The summed E-state index contributed by atoms with van der Waals surface area (Å²) in [6, 6.07) is 26.5. The number of carbonyl (C=O) groups is 4. The number of pyridine rings is 2. The zero-order valence-electron chi connectivity index (χ0n) is 32.0. The van der Waals surface area contributed by atoms with Crippen molar-refractivity contribution in [1.29, 1.82) is 0 Å². The van der Waals surface area contributed by atoms with E-state index in [-0.39, 0.29) is 11.4 Å². The van der Waals surface area contributed by atoms with Crippen molar-refractivity contribution in [3.05, 3.63) is 155 Å². The average Bonchev–Trinajstić information content (AvgIpc) is 3.19. The molecule has 0 aliphatic carbocycles. The third kappa shape index (κ3) is 16.9. The van der Waals surface area contributed by atoms with Crippen LogP contribution in [0.4, 0.5) is 49.1 Å². The van der Waals surface area contributed by atoms with Gasteiger partial charge in [0.2, 0.25) is 17.7 Å². The van der Waals surface area contributed by atoms with Crippen LogP contribution >= 0.6 is 23.2 Å². The van der Waals surface area contributed by atoms with Gasteiger partial charge in [-0.3, -0.25) is 29.1 Å². The molecular formula is C42H32Cl2F6N6O7. The third-order valence-corrected chi connectivity index (χ3v) is 8.12. The van der Waals surface area contributed by atoms with Crippen LogP contribution in [-0.4, -0.2) is 38.8 Å². The van der Waals surface area contributed by atoms with E-state index in [0.717, 1.165) is 23.9 Å². The summed E-state index contributed by atoms with van der Waals surface area (Å²) >= 11 is 10.9. The molecule has 0 atom stereocenters. The Hall–Kier alpha value is -7.38. The molecular weight excluding hydrogens is 885 g/mol. The lowest BCUT2D eigenvalue weighted by Crippen LogP contribution is -2.21. The summed E-state index contributed by atoms with van der Waals surface area (Å²) in [5.41, 5.74) is 4.21. The normalized spacial score (nSPS) is 10.7. The lowest BCUT2D eigenvalue weighted by molar-refractivity contribution is -0.140. The van der Waals surface area contributed by atoms with Crippen molar-refractivity contribution in [2.75, 3.05) is 21.7 Å². The van der Waals surface area contributed by atoms with E-state index in [1.807, 2.05) is 35.6 Å². The fourth-order valence-electron chi connectivity index (χ4n) is 4.84. The molecule has 4 aromatic carbocycles. The highest BCUT2D eigenvalue weighted by atomic mass is 35.5. The number of ether oxygens (including phenoxy) is 2. The second kappa shape index (κ2) is 22.5. The first-order chi connectivity index (χ1) is 29.7. The van der Waals surface area contributed by atoms with Crippen molar-refractivity contribution in [2.45, 2.75) is 25.2 Å². The molecule has 2 aromatic heterocycles. The van der Waals surface area contributed by atoms with Crippen molar-refractivity contribution in [2.24, 2.45) is 0 Å². The number of nitrogens with two attached hydrogens (primary N) is 1. The number of rotatable bonds is 11. The molecule has 0 aliphatic rings. The fraction of sp³-hybridized carbons (Fsp3) is 0.0952. The number of amides is 3. The standard InChI is InChI=1S/C21H15ClF3N3O3.C11H10N2O.C10H7ClF3NO3/c22-18-7-6-14(10-17(18)21(23,24)25)28-20(30)11-19(29)27-13-3-1-4-15(9-13)31-16-5-2-8-26-12-16;12-9-3-1-4-10(7-9)14-11-5-2-6-13-8-11;11-7-2-1-5(3-6(7)10(12,13)14)15-8(16)4-9(17)18/h1-10,12H,11H2,(H,27,29)(H,28,30);1-8H,12H2;1-3H,4H2,(H,15,16)(H,17,18). The van der Waals surface area contributed by atoms with Crippen molar-refractivity contribution < 1.29 is 60.1 Å². The summed E-state index contributed by atoms with van der Waals surface area (Å²) in [6.45, 7) is 0. The Balaban J connectivity index is 0.000000229. The smallest absolute Gasteiger partial charge is 0.417 e. The quantitative estimate of drug-likeness (QED) is 0.0474. The molecule has 0 saturated carbocycles. The maximum Gasteiger partial charge on any atom is 0.417 e. The van der Waals surface area contributed by atoms with Gasteiger partial charge in [-0.2, -0.15) is 26.3 Å². The van der Waals surface area contributed by atoms with E-state index in [1.165, 1.54) is 12.3 Å². The van der Waals surface area contributed by atoms with Gasteiger partial charge in [-0.25, -0.2) is 0 Å². The Kier molecular flexibility index (Phi) is 17.2. The molecule has 0 bridgehead atoms. The fourth-order valence-corrected chi connectivity index (χ4v) is 5.29. The molecule has 2 heterocycles. The number of aromatic nitrogens is 2. The van der Waals surface area contributed by atoms with Gasteiger partial charge in [-0.15, -0.1) is 0 Å². The Morgan fingerprint density at radius 1 is 0.556 bits per heavy atom. The first-order valence-corrected chi connectivity index (χ1v) is 18.5. The second-order valence-electron chi connectivity index (χ2n) is 12.5. The zero-order valence-corrected chi connectivity index (χ0v) is 33.5. The molecule has 13 nitrogen and oxygen atoms in total. The van der Waals surface area contributed by atoms with E-state index in [2.05, 4.69) is 20.6 Å². The molecule has 6 aromatic rings. The largest absolute Gasteiger partial charge is 0.481 e. The van der Waals surface area contributed by atoms with Gasteiger partial charge >= 0.3 is 18.3 Å². The van der Waals surface area contributed by atoms with Gasteiger partial charge in [0.05, 0.1) is 33.6 Å². The van der Waals surface area contributed by atoms with E-state index in [4.69, 9.17) is 43.5 Å². The number of nitrogens with one attached hydrogen (secondary N) is 3. The number of anilines is 4. The maximum atomic E-state index is 12.9. The summed E-state index contributed by atoms with van der Waals surface area (Å²) in [5, 5.41) is 14.2. The van der Waals surface area contributed by atoms with Gasteiger partial charge in [0.15, 0.2) is 0 Å². The number of halogens is 8. The summed E-state index contributed by atoms with van der Waals surface area (Å²) < 4.78 is 87.3. The van der Waals surface area contributed by atoms with Crippen molar-refractivity contribution in [3.63, 3.8) is 0 Å². The van der Waals surface area contributed by atoms with Gasteiger partial charge < -0.3 is 36.3 Å². The van der Waals surface area contributed by atoms with Gasteiger partial charge in [0, 0.05) is 47.3 Å². The van der Waals surface area contributed by atoms with Crippen molar-refractivity contribution >= 4 is 69.6 Å². The molecule has 0 aliphatic heterocycles. The zero-order chi connectivity index (χ0) is 46.2. The number of nitrogen functional groups attached to an aromatic ring is 1. The number of benzene rings is 4. The monoisotopic (exact) mass is 916 g/mol. The Bertz CT molecular complexity index is 2520. The summed E-state index contributed by atoms with van der Waals surface area (Å²) in [4.78, 5) is 53.3. The number of carbonyl (C=O) groups excluding carboxylic acids is 3. The van der Waals surface area contributed by atoms with Crippen LogP contribution in [0, 0.1) is 0 Å². The predicted molar refractivity (Wildman–Crippen MR) is 222 cm³/mol. The molecule has 21 heteroatoms. The highest BCUT2D eigenvalue weighted by Gasteiger charge is 2.34. The van der Waals surface area contributed by atoms with E-state index >= 15 is 0 Å². The number of alkyl halides is 6. The highest BCUT2D eigenvalue weighted by Crippen LogP contribution is 2.37. The van der Waals surface area contributed by atoms with E-state index in [0.29, 0.717) is 40.8 Å². The Morgan fingerprint density at radius 2 is 0.968 bits per heavy atom. The molecule has 63 heavy (non-hydrogen) atoms. The summed E-state index contributed by atoms with van der Waals surface area (Å²) in [6.07, 6.45) is -4.27. The lowest BCUT2D eigenvalue weighted by Gasteiger charge is -2.12. The molecule has 6 N–H and O–H groups in total. The second-order valence-corrected chi connectivity index (χ2v) is 13.3. The molecule has 6 rings (SSSR count). The minimum Gasteiger partial charge on any atom is -0.481 e. The minimum atomic E-state index is -4.67. The van der Waals surface area contributed by atoms with Crippen LogP contribution in [0.15, 0.2) is 134 Å². The molecule has 0 radical (unpaired) electrons. The van der Waals surface area contributed by atoms with Crippen molar-refractivity contribution in [1.82, 2.24) is 9.97 Å². The van der Waals surface area contributed by atoms with Crippen LogP contribution in [0.25, 0.3) is 0 Å². The van der Waals surface area contributed by atoms with Crippen LogP contribution in [0.3, 0.4) is 0 Å². The number of nitrogens with zero attached hydrogens (tertiary/aromatic N) is 2. The number of carboxylic acids is 1. The SMILES string of the molecule is Nc1cccc(Oc2cccnc2)c1.O=C(CC(=O)Nc1ccc(Cl)c(C(F)(F)F)c1)Nc1cccc(Oc2cccnc2)c1.O=C(O)CC(=O)Nc1ccc(Cl)c(C(F)(F)F)c1. The first kappa shape index (κ1) is 48.3. The number of hydrogen-bond donors (Lipinski definition) is 5. The van der Waals surface area contributed by atoms with E-state index < -0.39 is 70.1 Å². The summed E-state index contributed by atoms with van der Waals surface area (Å²) in [7, 11) is 0. The van der Waals surface area contributed by atoms with Gasteiger partial charge in [0.1, 0.15) is 35.8 Å². The average molecular weight is 918 g/mol. The van der Waals surface area contributed by atoms with Crippen LogP contribution in [-0.2, 0) is 31.5 Å². The highest BCUT2D eigenvalue weighted by molar-refractivity contribution is 6.32. The van der Waals surface area contributed by atoms with Crippen LogP contribution < -0.4 is 31.2 Å². The Morgan fingerprint density at radius 3 is 1.38 bits per heavy atom. The van der Waals surface area contributed by atoms with Crippen LogP contribution in [0.5, 0.6) is 23.0 Å². The lowest BCUT2D eigenvalue weighted by atomic mass is 10.2. The number of hydrogen-bond acceptors (Lipinski definition) is 9. The molecule has 0 spiro atoms. The molecule has 0 unspecified atom stereocenters. The Labute approximate surface area is 363 Å². The minimum absolute atomic E-state index is 0.124. The van der Waals surface area contributed by atoms with Gasteiger partial charge in [0.25, 0.3) is 0 Å². The number of carboxylic acid groups (broad SMARTS) is 1. The summed E-state index contributed by atoms with van der Waals surface area (Å²) in [5.74, 6) is -1.36. The first-order valence-electron chi connectivity index (χ1n) is 17.7. The molecule has 0 saturated heterocycles. The maximum absolute atomic E-state index is 12.9. The van der Waals surface area contributed by atoms with Crippen LogP contribution in [0.1, 0.15) is 24.0 Å². The molecule has 328 valence electrons. The van der Waals surface area contributed by atoms with E-state index in [1.54, 1.807) is 61.1 Å². The third-order valence-electron chi connectivity index (χ3n) is 7.46. The van der Waals surface area contributed by atoms with Gasteiger partial charge in [-0.1, -0.05) is 35.3 Å².